The molecule has 0 aromatic carbocycles. The van der Waals surface area contributed by atoms with E-state index in [2.05, 4.69) is 15.3 Å². The van der Waals surface area contributed by atoms with Crippen LogP contribution in [-0.2, 0) is 17.9 Å². The van der Waals surface area contributed by atoms with Gasteiger partial charge in [0, 0.05) is 25.7 Å². The molecule has 1 atom stereocenters. The molecule has 6 heteroatoms. The van der Waals surface area contributed by atoms with Gasteiger partial charge in [-0.15, -0.1) is 0 Å². The van der Waals surface area contributed by atoms with Crippen molar-refractivity contribution < 1.29 is 9.90 Å². The number of aliphatic hydroxyl groups excluding tert-OH is 1. The minimum Gasteiger partial charge on any atom is -0.386 e. The van der Waals surface area contributed by atoms with Gasteiger partial charge in [0.05, 0.1) is 17.9 Å². The lowest BCUT2D eigenvalue weighted by Crippen LogP contribution is -2.42. The summed E-state index contributed by atoms with van der Waals surface area (Å²) in [6, 6.07) is 2.41. The van der Waals surface area contributed by atoms with Gasteiger partial charge in [0.2, 0.25) is 5.91 Å². The molecule has 1 aromatic heterocycles. The van der Waals surface area contributed by atoms with E-state index in [-0.39, 0.29) is 5.91 Å². The Morgan fingerprint density at radius 1 is 1.11 bits per heavy atom. The second-order valence-corrected chi connectivity index (χ2v) is 8.74. The number of nitrogens with zero attached hydrogens (tertiary/aromatic N) is 3. The minimum absolute atomic E-state index is 0.159. The van der Waals surface area contributed by atoms with Crippen LogP contribution in [0.3, 0.4) is 0 Å². The quantitative estimate of drug-likeness (QED) is 0.831. The van der Waals surface area contributed by atoms with Crippen LogP contribution < -0.4 is 5.32 Å². The standard InChI is InChI=1S/C21H34N4O2/c26-20(22-17-7-4-2-1-3-5-8-17)15-24-11-6-12-25-18(14-24)13-19(23-25)21(27)16-9-10-16/h13,16-17,21,27H,1-12,14-15H2,(H,22,26)/t21-/m0/s1. The number of aliphatic hydroxyl groups is 1. The lowest BCUT2D eigenvalue weighted by atomic mass is 9.97. The van der Waals surface area contributed by atoms with Crippen LogP contribution in [0.25, 0.3) is 0 Å². The second-order valence-electron chi connectivity index (χ2n) is 8.74. The molecule has 2 fully saturated rings. The largest absolute Gasteiger partial charge is 0.386 e. The molecule has 150 valence electrons. The van der Waals surface area contributed by atoms with Gasteiger partial charge in [0.1, 0.15) is 6.10 Å². The monoisotopic (exact) mass is 374 g/mol. The smallest absolute Gasteiger partial charge is 0.234 e. The zero-order valence-electron chi connectivity index (χ0n) is 16.4. The summed E-state index contributed by atoms with van der Waals surface area (Å²) in [4.78, 5) is 14.8. The lowest BCUT2D eigenvalue weighted by molar-refractivity contribution is -0.123. The molecule has 0 bridgehead atoms. The normalized spacial score (nSPS) is 23.7. The van der Waals surface area contributed by atoms with Crippen LogP contribution >= 0.6 is 0 Å². The summed E-state index contributed by atoms with van der Waals surface area (Å²) >= 11 is 0. The summed E-state index contributed by atoms with van der Waals surface area (Å²) < 4.78 is 2.04. The Morgan fingerprint density at radius 2 is 1.85 bits per heavy atom. The van der Waals surface area contributed by atoms with E-state index in [1.165, 1.54) is 32.1 Å². The van der Waals surface area contributed by atoms with Crippen molar-refractivity contribution in [3.63, 3.8) is 0 Å². The Labute approximate surface area is 162 Å². The van der Waals surface area contributed by atoms with Crippen molar-refractivity contribution in [2.24, 2.45) is 5.92 Å². The Kier molecular flexibility index (Phi) is 6.13. The van der Waals surface area contributed by atoms with Gasteiger partial charge in [0.15, 0.2) is 0 Å². The molecular formula is C21H34N4O2. The Morgan fingerprint density at radius 3 is 2.59 bits per heavy atom. The molecule has 2 heterocycles. The maximum absolute atomic E-state index is 12.6. The molecule has 0 saturated heterocycles. The third-order valence-corrected chi connectivity index (χ3v) is 6.32. The summed E-state index contributed by atoms with van der Waals surface area (Å²) in [6.07, 6.45) is 11.5. The van der Waals surface area contributed by atoms with Gasteiger partial charge in [-0.2, -0.15) is 5.10 Å². The lowest BCUT2D eigenvalue weighted by Gasteiger charge is -2.24. The molecule has 4 rings (SSSR count). The van der Waals surface area contributed by atoms with Crippen LogP contribution in [0.5, 0.6) is 0 Å². The summed E-state index contributed by atoms with van der Waals surface area (Å²) in [5, 5.41) is 18.3. The maximum Gasteiger partial charge on any atom is 0.234 e. The molecule has 1 aliphatic heterocycles. The molecule has 0 unspecified atom stereocenters. The average Bonchev–Trinajstić information content (AvgIpc) is 3.41. The fourth-order valence-electron chi connectivity index (χ4n) is 4.56. The molecule has 2 saturated carbocycles. The SMILES string of the molecule is O=C(CN1CCCn2nc([C@@H](O)C3CC3)cc2C1)NC1CCCCCCC1. The van der Waals surface area contributed by atoms with Gasteiger partial charge in [-0.3, -0.25) is 14.4 Å². The first-order valence-electron chi connectivity index (χ1n) is 11.0. The number of nitrogens with one attached hydrogen (secondary N) is 1. The van der Waals surface area contributed by atoms with Crippen LogP contribution in [0.15, 0.2) is 6.07 Å². The second kappa shape index (κ2) is 8.74. The summed E-state index contributed by atoms with van der Waals surface area (Å²) in [6.45, 7) is 2.99. The third-order valence-electron chi connectivity index (χ3n) is 6.32. The van der Waals surface area contributed by atoms with E-state index in [4.69, 9.17) is 0 Å². The number of hydrogen-bond donors (Lipinski definition) is 2. The fourth-order valence-corrected chi connectivity index (χ4v) is 4.56. The molecule has 2 aliphatic carbocycles. The Bertz CT molecular complexity index is 632. The molecule has 2 N–H and O–H groups in total. The zero-order chi connectivity index (χ0) is 18.6. The van der Waals surface area contributed by atoms with Crippen LogP contribution in [0.1, 0.15) is 81.7 Å². The van der Waals surface area contributed by atoms with Gasteiger partial charge < -0.3 is 10.4 Å². The summed E-state index contributed by atoms with van der Waals surface area (Å²) in [5.74, 6) is 0.557. The summed E-state index contributed by atoms with van der Waals surface area (Å²) in [7, 11) is 0. The molecule has 1 aromatic rings. The first-order valence-corrected chi connectivity index (χ1v) is 11.0. The topological polar surface area (TPSA) is 70.4 Å². The first-order chi connectivity index (χ1) is 13.2. The summed E-state index contributed by atoms with van der Waals surface area (Å²) in [5.41, 5.74) is 1.94. The van der Waals surface area contributed by atoms with Crippen molar-refractivity contribution in [3.05, 3.63) is 17.5 Å². The van der Waals surface area contributed by atoms with Gasteiger partial charge >= 0.3 is 0 Å². The van der Waals surface area contributed by atoms with Crippen LogP contribution in [0.4, 0.5) is 0 Å². The van der Waals surface area contributed by atoms with E-state index in [0.717, 1.165) is 63.1 Å². The highest BCUT2D eigenvalue weighted by Crippen LogP contribution is 2.40. The van der Waals surface area contributed by atoms with E-state index in [9.17, 15) is 9.90 Å². The van der Waals surface area contributed by atoms with Crippen molar-refractivity contribution >= 4 is 5.91 Å². The number of hydrogen-bond acceptors (Lipinski definition) is 4. The van der Waals surface area contributed by atoms with Crippen molar-refractivity contribution in [2.45, 2.75) is 89.4 Å². The van der Waals surface area contributed by atoms with Crippen molar-refractivity contribution in [2.75, 3.05) is 13.1 Å². The Balaban J connectivity index is 1.32. The van der Waals surface area contributed by atoms with E-state index in [1.807, 2.05) is 10.7 Å². The van der Waals surface area contributed by atoms with Gasteiger partial charge in [-0.25, -0.2) is 0 Å². The zero-order valence-corrected chi connectivity index (χ0v) is 16.4. The number of amides is 1. The number of fused-ring (bicyclic) bond motifs is 1. The highest BCUT2D eigenvalue weighted by atomic mass is 16.3. The van der Waals surface area contributed by atoms with Crippen LogP contribution in [0, 0.1) is 5.92 Å². The van der Waals surface area contributed by atoms with E-state index < -0.39 is 6.10 Å². The number of aryl methyl sites for hydroxylation is 1. The van der Waals surface area contributed by atoms with Crippen molar-refractivity contribution in [3.8, 4) is 0 Å². The predicted molar refractivity (Wildman–Crippen MR) is 104 cm³/mol. The minimum atomic E-state index is -0.416. The molecule has 27 heavy (non-hydrogen) atoms. The van der Waals surface area contributed by atoms with Crippen molar-refractivity contribution in [1.82, 2.24) is 20.0 Å². The third kappa shape index (κ3) is 5.11. The predicted octanol–water partition coefficient (Wildman–Crippen LogP) is 2.76. The molecule has 1 amide bonds. The van der Waals surface area contributed by atoms with Crippen molar-refractivity contribution in [1.29, 1.82) is 0 Å². The van der Waals surface area contributed by atoms with Crippen LogP contribution in [-0.4, -0.2) is 44.8 Å². The Hall–Kier alpha value is -1.40. The molecular weight excluding hydrogens is 340 g/mol. The molecule has 0 spiro atoms. The van der Waals surface area contributed by atoms with E-state index >= 15 is 0 Å². The van der Waals surface area contributed by atoms with Gasteiger partial charge in [-0.1, -0.05) is 32.1 Å². The number of aromatic nitrogens is 2. The van der Waals surface area contributed by atoms with Crippen LogP contribution in [0.2, 0.25) is 0 Å². The highest BCUT2D eigenvalue weighted by molar-refractivity contribution is 5.78. The molecule has 0 radical (unpaired) electrons. The van der Waals surface area contributed by atoms with E-state index in [1.54, 1.807) is 0 Å². The number of carbonyl (C=O) groups excluding carboxylic acids is 1. The first kappa shape index (κ1) is 18.9. The fraction of sp³-hybridized carbons (Fsp3) is 0.810. The number of rotatable bonds is 5. The van der Waals surface area contributed by atoms with E-state index in [0.29, 0.717) is 18.5 Å². The number of carbonyl (C=O) groups is 1. The molecule has 3 aliphatic rings. The average molecular weight is 375 g/mol. The van der Waals surface area contributed by atoms with Gasteiger partial charge in [0.25, 0.3) is 0 Å². The molecule has 6 nitrogen and oxygen atoms in total. The highest BCUT2D eigenvalue weighted by Gasteiger charge is 2.33. The van der Waals surface area contributed by atoms with Gasteiger partial charge in [-0.05, 0) is 44.1 Å². The maximum atomic E-state index is 12.6.